The van der Waals surface area contributed by atoms with E-state index in [1.807, 2.05) is 11.0 Å². The third-order valence-electron chi connectivity index (χ3n) is 11.5. The van der Waals surface area contributed by atoms with E-state index in [0.717, 1.165) is 49.6 Å². The van der Waals surface area contributed by atoms with E-state index in [1.54, 1.807) is 42.5 Å². The second-order valence-electron chi connectivity index (χ2n) is 15.5. The van der Waals surface area contributed by atoms with Gasteiger partial charge >= 0.3 is 6.09 Å². The summed E-state index contributed by atoms with van der Waals surface area (Å²) < 4.78 is 7.67. The quantitative estimate of drug-likeness (QED) is 0.166. The number of benzene rings is 1. The molecular formula is C36H42N12O7. The first-order valence-electron chi connectivity index (χ1n) is 18.6. The number of aliphatic hydroxyl groups is 1. The number of aryl methyl sites for hydroxylation is 1. The lowest BCUT2D eigenvalue weighted by Gasteiger charge is -2.50. The molecule has 0 saturated carbocycles. The monoisotopic (exact) mass is 754 g/mol. The number of imide groups is 2. The number of fused-ring (bicyclic) bond motifs is 1. The van der Waals surface area contributed by atoms with Gasteiger partial charge in [-0.15, -0.1) is 0 Å². The van der Waals surface area contributed by atoms with Crippen LogP contribution in [0.4, 0.5) is 27.8 Å². The van der Waals surface area contributed by atoms with Crippen molar-refractivity contribution in [3.8, 4) is 0 Å². The van der Waals surface area contributed by atoms with Crippen LogP contribution >= 0.6 is 0 Å². The van der Waals surface area contributed by atoms with Crippen LogP contribution in [0.25, 0.3) is 0 Å². The van der Waals surface area contributed by atoms with Gasteiger partial charge in [-0.05, 0) is 37.5 Å². The molecule has 2 aromatic heterocycles. The molecule has 5 amide bonds. The Bertz CT molecular complexity index is 2090. The molecule has 3 atom stereocenters. The molecule has 1 aromatic carbocycles. The number of aromatic nitrogens is 4. The summed E-state index contributed by atoms with van der Waals surface area (Å²) in [4.78, 5) is 82.2. The van der Waals surface area contributed by atoms with Crippen molar-refractivity contribution < 1.29 is 33.8 Å². The van der Waals surface area contributed by atoms with Crippen LogP contribution in [-0.2, 0) is 21.4 Å². The molecule has 5 fully saturated rings. The number of aliphatic hydroxyl groups excluding tert-OH is 1. The van der Waals surface area contributed by atoms with Crippen molar-refractivity contribution in [3.05, 3.63) is 53.6 Å². The van der Waals surface area contributed by atoms with Crippen LogP contribution in [0.15, 0.2) is 36.8 Å². The summed E-state index contributed by atoms with van der Waals surface area (Å²) in [6.07, 6.45) is 5.29. The lowest BCUT2D eigenvalue weighted by Crippen LogP contribution is -2.66. The van der Waals surface area contributed by atoms with E-state index in [-0.39, 0.29) is 41.8 Å². The highest BCUT2D eigenvalue weighted by molar-refractivity contribution is 6.23. The number of carbonyl (C=O) groups is 5. The molecule has 288 valence electrons. The highest BCUT2D eigenvalue weighted by atomic mass is 16.6. The van der Waals surface area contributed by atoms with Gasteiger partial charge in [0.2, 0.25) is 11.8 Å². The molecular weight excluding hydrogens is 712 g/mol. The van der Waals surface area contributed by atoms with Crippen molar-refractivity contribution in [1.29, 1.82) is 0 Å². The Kier molecular flexibility index (Phi) is 8.46. The van der Waals surface area contributed by atoms with E-state index in [9.17, 15) is 29.1 Å². The van der Waals surface area contributed by atoms with Gasteiger partial charge in [-0.25, -0.2) is 14.8 Å². The molecule has 6 aliphatic heterocycles. The van der Waals surface area contributed by atoms with Gasteiger partial charge in [-0.3, -0.25) is 43.9 Å². The van der Waals surface area contributed by atoms with E-state index >= 15 is 0 Å². The predicted octanol–water partition coefficient (Wildman–Crippen LogP) is -0.0837. The Morgan fingerprint density at radius 3 is 2.58 bits per heavy atom. The highest BCUT2D eigenvalue weighted by Crippen LogP contribution is 2.38. The molecule has 1 spiro atoms. The standard InChI is InChI=1S/C36H42N12O7/c1-43-15-21(10-39-43)40-31-29(30(37)50)38-11-27(41-31)45-8-2-3-23(16-45)47-19-36(55-35(47)54)17-44(18-36)12-20-13-46(14-20)22-4-5-24-25(9-22)34(53)48(33(24)52)26-6-7-28(49)42-32(26)51/h4-5,9-11,15,20,23,26,30,50H,2-3,6-8,12-14,16-19,37H2,1H3,(H,40,41)(H,42,49,51). The number of piperidine rings is 2. The summed E-state index contributed by atoms with van der Waals surface area (Å²) in [6, 6.07) is 4.14. The molecule has 0 radical (unpaired) electrons. The fourth-order valence-corrected chi connectivity index (χ4v) is 8.80. The number of hydrogen-bond donors (Lipinski definition) is 4. The van der Waals surface area contributed by atoms with Gasteiger partial charge in [0.1, 0.15) is 23.8 Å². The molecule has 19 nitrogen and oxygen atoms in total. The molecule has 8 heterocycles. The molecule has 19 heteroatoms. The van der Waals surface area contributed by atoms with Crippen molar-refractivity contribution in [2.45, 2.75) is 49.6 Å². The number of rotatable bonds is 9. The minimum atomic E-state index is -1.32. The average molecular weight is 755 g/mol. The van der Waals surface area contributed by atoms with Gasteiger partial charge in [0.25, 0.3) is 11.8 Å². The van der Waals surface area contributed by atoms with Gasteiger partial charge in [0, 0.05) is 77.1 Å². The number of anilines is 4. The van der Waals surface area contributed by atoms with E-state index in [4.69, 9.17) is 15.5 Å². The zero-order valence-electron chi connectivity index (χ0n) is 30.3. The summed E-state index contributed by atoms with van der Waals surface area (Å²) in [7, 11) is 1.80. The lowest BCUT2D eigenvalue weighted by atomic mass is 9.89. The number of nitrogens with two attached hydrogens (primary N) is 1. The Balaban J connectivity index is 0.775. The fourth-order valence-electron chi connectivity index (χ4n) is 8.80. The molecule has 5 N–H and O–H groups in total. The zero-order chi connectivity index (χ0) is 38.2. The van der Waals surface area contributed by atoms with Crippen LogP contribution in [0.5, 0.6) is 0 Å². The zero-order valence-corrected chi connectivity index (χ0v) is 30.3. The van der Waals surface area contributed by atoms with Crippen molar-refractivity contribution in [3.63, 3.8) is 0 Å². The first-order valence-corrected chi connectivity index (χ1v) is 18.6. The molecule has 3 unspecified atom stereocenters. The number of ether oxygens (including phenoxy) is 1. The number of hydrogen-bond acceptors (Lipinski definition) is 15. The second-order valence-corrected chi connectivity index (χ2v) is 15.5. The Hall–Kier alpha value is -5.66. The van der Waals surface area contributed by atoms with Gasteiger partial charge < -0.3 is 30.7 Å². The number of nitrogens with zero attached hydrogens (tertiary/aromatic N) is 9. The molecule has 9 rings (SSSR count). The van der Waals surface area contributed by atoms with Crippen molar-refractivity contribution in [2.75, 3.05) is 67.5 Å². The van der Waals surface area contributed by atoms with Crippen LogP contribution in [-0.4, -0.2) is 139 Å². The highest BCUT2D eigenvalue weighted by Gasteiger charge is 2.55. The second kappa shape index (κ2) is 13.3. The fraction of sp³-hybridized carbons (Fsp3) is 0.500. The minimum absolute atomic E-state index is 0.0585. The van der Waals surface area contributed by atoms with E-state index in [1.165, 1.54) is 0 Å². The van der Waals surface area contributed by atoms with Crippen LogP contribution in [0.1, 0.15) is 58.3 Å². The van der Waals surface area contributed by atoms with E-state index in [2.05, 4.69) is 35.4 Å². The Labute approximate surface area is 315 Å². The molecule has 0 aliphatic carbocycles. The van der Waals surface area contributed by atoms with E-state index in [0.29, 0.717) is 49.4 Å². The third kappa shape index (κ3) is 6.30. The summed E-state index contributed by atoms with van der Waals surface area (Å²) in [5.74, 6) is -0.733. The topological polar surface area (TPSA) is 225 Å². The number of nitrogens with one attached hydrogen (secondary N) is 2. The van der Waals surface area contributed by atoms with Gasteiger partial charge in [-0.2, -0.15) is 5.10 Å². The van der Waals surface area contributed by atoms with Crippen LogP contribution in [0.3, 0.4) is 0 Å². The molecule has 3 aromatic rings. The first kappa shape index (κ1) is 35.1. The minimum Gasteiger partial charge on any atom is -0.438 e. The Morgan fingerprint density at radius 2 is 1.84 bits per heavy atom. The lowest BCUT2D eigenvalue weighted by molar-refractivity contribution is -0.136. The number of likely N-dealkylation sites (tertiary alicyclic amines) is 1. The normalized spacial score (nSPS) is 24.5. The SMILES string of the molecule is Cn1cc(Nc2nc(N3CCCC(N4CC5(CN(CC6CN(c7ccc8c(c7)C(=O)N(C7CCC(=O)NC7=O)C8=O)C6)C5)OC4=O)C3)cnc2C(N)O)cn1. The summed E-state index contributed by atoms with van der Waals surface area (Å²) in [6.45, 7) is 5.54. The maximum absolute atomic E-state index is 13.3. The molecule has 6 aliphatic rings. The smallest absolute Gasteiger partial charge is 0.410 e. The summed E-state index contributed by atoms with van der Waals surface area (Å²) in [5, 5.41) is 19.7. The largest absolute Gasteiger partial charge is 0.438 e. The van der Waals surface area contributed by atoms with Crippen LogP contribution < -0.4 is 26.2 Å². The van der Waals surface area contributed by atoms with Crippen molar-refractivity contribution in [2.24, 2.45) is 18.7 Å². The number of amides is 5. The first-order chi connectivity index (χ1) is 26.4. The van der Waals surface area contributed by atoms with E-state index < -0.39 is 41.5 Å². The maximum atomic E-state index is 13.3. The number of carbonyl (C=O) groups excluding carboxylic acids is 5. The van der Waals surface area contributed by atoms with Crippen LogP contribution in [0.2, 0.25) is 0 Å². The van der Waals surface area contributed by atoms with Gasteiger partial charge in [0.15, 0.2) is 11.4 Å². The van der Waals surface area contributed by atoms with Crippen molar-refractivity contribution >= 4 is 52.7 Å². The van der Waals surface area contributed by atoms with Crippen LogP contribution in [0, 0.1) is 5.92 Å². The molecule has 5 saturated heterocycles. The Morgan fingerprint density at radius 1 is 1.04 bits per heavy atom. The predicted molar refractivity (Wildman–Crippen MR) is 194 cm³/mol. The maximum Gasteiger partial charge on any atom is 0.410 e. The molecule has 55 heavy (non-hydrogen) atoms. The third-order valence-corrected chi connectivity index (χ3v) is 11.5. The summed E-state index contributed by atoms with van der Waals surface area (Å²) >= 11 is 0. The molecule has 0 bridgehead atoms. The van der Waals surface area contributed by atoms with Gasteiger partial charge in [-0.1, -0.05) is 0 Å². The average Bonchev–Trinajstić information content (AvgIpc) is 3.78. The van der Waals surface area contributed by atoms with Gasteiger partial charge in [0.05, 0.1) is 41.8 Å². The summed E-state index contributed by atoms with van der Waals surface area (Å²) in [5.41, 5.74) is 7.51. The van der Waals surface area contributed by atoms with Crippen molar-refractivity contribution in [1.82, 2.24) is 39.8 Å².